The number of aliphatic hydroxyl groups excluding tert-OH is 1. The van der Waals surface area contributed by atoms with Gasteiger partial charge in [-0.3, -0.25) is 4.79 Å². The topological polar surface area (TPSA) is 80.0 Å². The molecule has 0 aliphatic carbocycles. The van der Waals surface area contributed by atoms with Crippen molar-refractivity contribution >= 4 is 11.6 Å². The molecule has 0 unspecified atom stereocenters. The van der Waals surface area contributed by atoms with Gasteiger partial charge in [0.1, 0.15) is 18.8 Å². The molecular weight excluding hydrogens is 354 g/mol. The lowest BCUT2D eigenvalue weighted by molar-refractivity contribution is -0.0655. The normalized spacial score (nSPS) is 11.4. The van der Waals surface area contributed by atoms with Crippen LogP contribution in [-0.4, -0.2) is 38.5 Å². The van der Waals surface area contributed by atoms with Crippen LogP contribution >= 0.6 is 0 Å². The van der Waals surface area contributed by atoms with Crippen LogP contribution in [0.5, 0.6) is 0 Å². The van der Waals surface area contributed by atoms with Crippen molar-refractivity contribution in [2.45, 2.75) is 19.4 Å². The first-order chi connectivity index (χ1) is 12.9. The maximum atomic E-state index is 13.3. The van der Waals surface area contributed by atoms with Crippen LogP contribution in [0.3, 0.4) is 0 Å². The minimum atomic E-state index is -3.28. The average Bonchev–Trinajstić information content (AvgIpc) is 3.10. The smallest absolute Gasteiger partial charge is 0.289 e. The molecule has 3 aromatic rings. The summed E-state index contributed by atoms with van der Waals surface area (Å²) in [6.07, 6.45) is 1.35. The second kappa shape index (κ2) is 7.63. The largest absolute Gasteiger partial charge is 0.390 e. The number of anilines is 1. The molecule has 0 saturated heterocycles. The van der Waals surface area contributed by atoms with Crippen LogP contribution < -0.4 is 5.32 Å². The van der Waals surface area contributed by atoms with Gasteiger partial charge in [-0.05, 0) is 30.7 Å². The van der Waals surface area contributed by atoms with E-state index in [1.54, 1.807) is 30.3 Å². The number of nitrogens with one attached hydrogen (secondary N) is 1. The molecule has 0 fully saturated rings. The third-order valence-electron chi connectivity index (χ3n) is 3.97. The van der Waals surface area contributed by atoms with Gasteiger partial charge in [-0.25, -0.2) is 13.5 Å². The Morgan fingerprint density at radius 2 is 1.96 bits per heavy atom. The number of benzene rings is 2. The molecular formula is C19H18F2N4O2. The molecule has 0 atom stereocenters. The van der Waals surface area contributed by atoms with E-state index in [1.165, 1.54) is 6.20 Å². The molecule has 2 aromatic carbocycles. The zero-order valence-corrected chi connectivity index (χ0v) is 14.6. The van der Waals surface area contributed by atoms with Crippen molar-refractivity contribution in [3.8, 4) is 11.3 Å². The van der Waals surface area contributed by atoms with Gasteiger partial charge in [-0.15, -0.1) is 5.10 Å². The molecule has 0 aliphatic rings. The Labute approximate surface area is 154 Å². The molecule has 1 amide bonds. The lowest BCUT2D eigenvalue weighted by Crippen LogP contribution is -2.28. The summed E-state index contributed by atoms with van der Waals surface area (Å²) in [4.78, 5) is 12.6. The number of amides is 1. The Morgan fingerprint density at radius 1 is 1.22 bits per heavy atom. The van der Waals surface area contributed by atoms with E-state index < -0.39 is 19.1 Å². The number of aliphatic hydroxyl groups is 1. The molecule has 0 saturated carbocycles. The number of hydrogen-bond donors (Lipinski definition) is 2. The number of carbonyl (C=O) groups excluding carboxylic acids is 1. The van der Waals surface area contributed by atoms with Crippen molar-refractivity contribution in [2.75, 3.05) is 11.9 Å². The number of aromatic nitrogens is 3. The first kappa shape index (κ1) is 18.7. The molecule has 0 bridgehead atoms. The van der Waals surface area contributed by atoms with E-state index in [2.05, 4.69) is 15.6 Å². The molecule has 8 heteroatoms. The van der Waals surface area contributed by atoms with Crippen LogP contribution in [0.4, 0.5) is 14.5 Å². The second-order valence-corrected chi connectivity index (χ2v) is 6.17. The van der Waals surface area contributed by atoms with Crippen molar-refractivity contribution in [1.29, 1.82) is 0 Å². The van der Waals surface area contributed by atoms with E-state index in [9.17, 15) is 13.6 Å². The second-order valence-electron chi connectivity index (χ2n) is 6.17. The highest BCUT2D eigenvalue weighted by Crippen LogP contribution is 2.22. The number of rotatable bonds is 6. The van der Waals surface area contributed by atoms with Crippen LogP contribution in [-0.2, 0) is 6.54 Å². The Kier molecular flexibility index (Phi) is 5.27. The first-order valence-electron chi connectivity index (χ1n) is 8.24. The quantitative estimate of drug-likeness (QED) is 0.697. The van der Waals surface area contributed by atoms with Crippen LogP contribution in [0.25, 0.3) is 11.3 Å². The van der Waals surface area contributed by atoms with Crippen molar-refractivity contribution in [2.24, 2.45) is 0 Å². The SMILES string of the molecule is Cc1ccc(-c2cn(CC(F)(F)CO)nn2)cc1C(=O)Nc1ccccc1. The summed E-state index contributed by atoms with van der Waals surface area (Å²) in [5.41, 5.74) is 2.83. The van der Waals surface area contributed by atoms with Crippen LogP contribution in [0, 0.1) is 6.92 Å². The van der Waals surface area contributed by atoms with Gasteiger partial charge in [0.15, 0.2) is 0 Å². The third kappa shape index (κ3) is 4.53. The van der Waals surface area contributed by atoms with E-state index in [-0.39, 0.29) is 5.91 Å². The summed E-state index contributed by atoms with van der Waals surface area (Å²) in [5.74, 6) is -3.56. The van der Waals surface area contributed by atoms with Gasteiger partial charge in [0.2, 0.25) is 0 Å². The van der Waals surface area contributed by atoms with Gasteiger partial charge < -0.3 is 10.4 Å². The summed E-state index contributed by atoms with van der Waals surface area (Å²) >= 11 is 0. The molecule has 0 spiro atoms. The number of alkyl halides is 2. The number of halogens is 2. The van der Waals surface area contributed by atoms with Gasteiger partial charge in [0, 0.05) is 16.8 Å². The minimum Gasteiger partial charge on any atom is -0.390 e. The number of para-hydroxylation sites is 1. The van der Waals surface area contributed by atoms with E-state index in [0.717, 1.165) is 10.2 Å². The molecule has 3 rings (SSSR count). The number of hydrogen-bond acceptors (Lipinski definition) is 4. The van der Waals surface area contributed by atoms with Crippen molar-refractivity contribution in [1.82, 2.24) is 15.0 Å². The van der Waals surface area contributed by atoms with E-state index in [4.69, 9.17) is 5.11 Å². The minimum absolute atomic E-state index is 0.278. The molecule has 27 heavy (non-hydrogen) atoms. The van der Waals surface area contributed by atoms with E-state index in [0.29, 0.717) is 22.5 Å². The van der Waals surface area contributed by atoms with E-state index in [1.807, 2.05) is 25.1 Å². The maximum absolute atomic E-state index is 13.3. The fourth-order valence-electron chi connectivity index (χ4n) is 2.54. The molecule has 2 N–H and O–H groups in total. The molecule has 1 aromatic heterocycles. The van der Waals surface area contributed by atoms with Gasteiger partial charge in [-0.1, -0.05) is 35.5 Å². The standard InChI is InChI=1S/C19H18F2N4O2/c1-13-7-8-14(17-10-25(24-23-17)11-19(20,21)12-26)9-16(13)18(27)22-15-5-3-2-4-6-15/h2-10,26H,11-12H2,1H3,(H,22,27). The Morgan fingerprint density at radius 3 is 2.67 bits per heavy atom. The summed E-state index contributed by atoms with van der Waals surface area (Å²) in [7, 11) is 0. The monoisotopic (exact) mass is 372 g/mol. The lowest BCUT2D eigenvalue weighted by atomic mass is 10.0. The van der Waals surface area contributed by atoms with Crippen LogP contribution in [0.15, 0.2) is 54.7 Å². The molecule has 0 aliphatic heterocycles. The number of nitrogens with zero attached hydrogens (tertiary/aromatic N) is 3. The van der Waals surface area contributed by atoms with Gasteiger partial charge in [0.25, 0.3) is 11.8 Å². The molecule has 1 heterocycles. The van der Waals surface area contributed by atoms with Crippen molar-refractivity contribution < 1.29 is 18.7 Å². The lowest BCUT2D eigenvalue weighted by Gasteiger charge is -2.11. The summed E-state index contributed by atoms with van der Waals surface area (Å²) in [6, 6.07) is 14.2. The highest BCUT2D eigenvalue weighted by molar-refractivity contribution is 6.05. The average molecular weight is 372 g/mol. The predicted octanol–water partition coefficient (Wildman–Crippen LogP) is 3.13. The zero-order valence-electron chi connectivity index (χ0n) is 14.6. The van der Waals surface area contributed by atoms with Crippen LogP contribution in [0.2, 0.25) is 0 Å². The highest BCUT2D eigenvalue weighted by atomic mass is 19.3. The Balaban J connectivity index is 1.83. The predicted molar refractivity (Wildman–Crippen MR) is 96.6 cm³/mol. The fraction of sp³-hybridized carbons (Fsp3) is 0.211. The Hall–Kier alpha value is -3.13. The molecule has 140 valence electrons. The van der Waals surface area contributed by atoms with Crippen LogP contribution in [0.1, 0.15) is 15.9 Å². The maximum Gasteiger partial charge on any atom is 0.289 e. The number of aryl methyl sites for hydroxylation is 1. The highest BCUT2D eigenvalue weighted by Gasteiger charge is 2.29. The first-order valence-corrected chi connectivity index (χ1v) is 8.24. The van der Waals surface area contributed by atoms with E-state index >= 15 is 0 Å². The van der Waals surface area contributed by atoms with Gasteiger partial charge in [-0.2, -0.15) is 0 Å². The molecule has 6 nitrogen and oxygen atoms in total. The van der Waals surface area contributed by atoms with Gasteiger partial charge in [0.05, 0.1) is 6.20 Å². The van der Waals surface area contributed by atoms with Gasteiger partial charge >= 0.3 is 0 Å². The fourth-order valence-corrected chi connectivity index (χ4v) is 2.54. The third-order valence-corrected chi connectivity index (χ3v) is 3.97. The number of carbonyl (C=O) groups is 1. The van der Waals surface area contributed by atoms with Crippen molar-refractivity contribution in [3.05, 3.63) is 65.9 Å². The zero-order chi connectivity index (χ0) is 19.4. The molecule has 0 radical (unpaired) electrons. The summed E-state index contributed by atoms with van der Waals surface area (Å²) < 4.78 is 27.5. The summed E-state index contributed by atoms with van der Waals surface area (Å²) in [6.45, 7) is -0.234. The van der Waals surface area contributed by atoms with Crippen molar-refractivity contribution in [3.63, 3.8) is 0 Å². The Bertz CT molecular complexity index is 942. The summed E-state index contributed by atoms with van der Waals surface area (Å²) in [5, 5.41) is 19.0.